The molecule has 0 saturated carbocycles. The highest BCUT2D eigenvalue weighted by Crippen LogP contribution is 2.14. The van der Waals surface area contributed by atoms with Gasteiger partial charge in [-0.2, -0.15) is 0 Å². The minimum atomic E-state index is -1.05. The Morgan fingerprint density at radius 1 is 1.24 bits per heavy atom. The number of benzene rings is 1. The van der Waals surface area contributed by atoms with Gasteiger partial charge in [0, 0.05) is 13.5 Å². The number of carbonyl (C=O) groups excluding carboxylic acids is 1. The molecular formula is C16H23NO4. The predicted molar refractivity (Wildman–Crippen MR) is 80.3 cm³/mol. The Balaban J connectivity index is 2.83. The summed E-state index contributed by atoms with van der Waals surface area (Å²) >= 11 is 0. The quantitative estimate of drug-likeness (QED) is 0.927. The van der Waals surface area contributed by atoms with E-state index in [4.69, 9.17) is 4.74 Å². The molecule has 1 N–H and O–H groups in total. The van der Waals surface area contributed by atoms with Crippen LogP contribution in [0.1, 0.15) is 31.9 Å². The van der Waals surface area contributed by atoms with Gasteiger partial charge in [-0.1, -0.05) is 29.8 Å². The third-order valence-electron chi connectivity index (χ3n) is 2.98. The lowest BCUT2D eigenvalue weighted by Crippen LogP contribution is -2.46. The molecule has 1 rings (SSSR count). The normalized spacial score (nSPS) is 12.6. The van der Waals surface area contributed by atoms with E-state index in [1.165, 1.54) is 7.05 Å². The second kappa shape index (κ2) is 6.61. The first-order chi connectivity index (χ1) is 9.60. The van der Waals surface area contributed by atoms with Crippen LogP contribution in [-0.2, 0) is 16.0 Å². The standard InChI is InChI=1S/C16H23NO4/c1-11-6-8-12(9-7-11)10-13(14(18)19)17(5)15(20)21-16(2,3)4/h6-9,13H,10H2,1-5H3,(H,18,19). The number of aliphatic carboxylic acids is 1. The van der Waals surface area contributed by atoms with Crippen molar-refractivity contribution in [3.05, 3.63) is 35.4 Å². The van der Waals surface area contributed by atoms with Gasteiger partial charge in [0.1, 0.15) is 11.6 Å². The molecule has 21 heavy (non-hydrogen) atoms. The Bertz CT molecular complexity index is 502. The molecule has 0 radical (unpaired) electrons. The summed E-state index contributed by atoms with van der Waals surface area (Å²) in [4.78, 5) is 24.6. The van der Waals surface area contributed by atoms with E-state index in [1.807, 2.05) is 31.2 Å². The smallest absolute Gasteiger partial charge is 0.410 e. The van der Waals surface area contributed by atoms with Crippen molar-refractivity contribution < 1.29 is 19.4 Å². The van der Waals surface area contributed by atoms with Gasteiger partial charge in [-0.05, 0) is 33.3 Å². The number of rotatable bonds is 4. The highest BCUT2D eigenvalue weighted by Gasteiger charge is 2.30. The minimum Gasteiger partial charge on any atom is -0.480 e. The van der Waals surface area contributed by atoms with Crippen molar-refractivity contribution in [3.63, 3.8) is 0 Å². The topological polar surface area (TPSA) is 66.8 Å². The fourth-order valence-electron chi connectivity index (χ4n) is 1.80. The number of nitrogens with zero attached hydrogens (tertiary/aromatic N) is 1. The average molecular weight is 293 g/mol. The third kappa shape index (κ3) is 5.45. The Morgan fingerprint density at radius 2 is 1.76 bits per heavy atom. The number of carbonyl (C=O) groups is 2. The van der Waals surface area contributed by atoms with Gasteiger partial charge in [0.15, 0.2) is 0 Å². The Labute approximate surface area is 125 Å². The largest absolute Gasteiger partial charge is 0.480 e. The summed E-state index contributed by atoms with van der Waals surface area (Å²) in [7, 11) is 1.45. The van der Waals surface area contributed by atoms with Crippen molar-refractivity contribution in [1.29, 1.82) is 0 Å². The molecule has 0 aromatic heterocycles. The van der Waals surface area contributed by atoms with E-state index in [-0.39, 0.29) is 6.42 Å². The van der Waals surface area contributed by atoms with Gasteiger partial charge < -0.3 is 9.84 Å². The molecule has 0 bridgehead atoms. The molecule has 0 aliphatic rings. The van der Waals surface area contributed by atoms with Crippen molar-refractivity contribution in [1.82, 2.24) is 4.90 Å². The van der Waals surface area contributed by atoms with E-state index in [0.29, 0.717) is 0 Å². The van der Waals surface area contributed by atoms with Crippen LogP contribution in [0.3, 0.4) is 0 Å². The summed E-state index contributed by atoms with van der Waals surface area (Å²) in [5, 5.41) is 9.36. The van der Waals surface area contributed by atoms with E-state index in [0.717, 1.165) is 16.0 Å². The van der Waals surface area contributed by atoms with Crippen LogP contribution >= 0.6 is 0 Å². The number of hydrogen-bond acceptors (Lipinski definition) is 3. The molecule has 0 heterocycles. The molecule has 1 amide bonds. The van der Waals surface area contributed by atoms with Crippen LogP contribution in [0, 0.1) is 6.92 Å². The molecule has 1 atom stereocenters. The van der Waals surface area contributed by atoms with Crippen LogP contribution in [0.4, 0.5) is 4.79 Å². The summed E-state index contributed by atoms with van der Waals surface area (Å²) in [5.74, 6) is -1.05. The Morgan fingerprint density at radius 3 is 2.19 bits per heavy atom. The maximum Gasteiger partial charge on any atom is 0.410 e. The monoisotopic (exact) mass is 293 g/mol. The van der Waals surface area contributed by atoms with Crippen LogP contribution < -0.4 is 0 Å². The molecule has 1 aromatic carbocycles. The summed E-state index contributed by atoms with van der Waals surface area (Å²) in [6, 6.07) is 6.62. The maximum atomic E-state index is 12.0. The van der Waals surface area contributed by atoms with Crippen molar-refractivity contribution >= 4 is 12.1 Å². The maximum absolute atomic E-state index is 12.0. The van der Waals surface area contributed by atoms with Crippen LogP contribution in [0.15, 0.2) is 24.3 Å². The van der Waals surface area contributed by atoms with Gasteiger partial charge in [0.25, 0.3) is 0 Å². The molecule has 0 spiro atoms. The summed E-state index contributed by atoms with van der Waals surface area (Å²) < 4.78 is 5.21. The second-order valence-electron chi connectivity index (χ2n) is 6.14. The van der Waals surface area contributed by atoms with Gasteiger partial charge in [-0.3, -0.25) is 4.90 Å². The number of ether oxygens (including phenoxy) is 1. The van der Waals surface area contributed by atoms with Gasteiger partial charge in [0.05, 0.1) is 0 Å². The molecular weight excluding hydrogens is 270 g/mol. The number of carboxylic acid groups (broad SMARTS) is 1. The number of carboxylic acids is 1. The molecule has 5 nitrogen and oxygen atoms in total. The van der Waals surface area contributed by atoms with Gasteiger partial charge in [-0.25, -0.2) is 9.59 Å². The van der Waals surface area contributed by atoms with Gasteiger partial charge in [0.2, 0.25) is 0 Å². The first kappa shape index (κ1) is 17.0. The van der Waals surface area contributed by atoms with Crippen molar-refractivity contribution in [2.75, 3.05) is 7.05 Å². The highest BCUT2D eigenvalue weighted by atomic mass is 16.6. The molecule has 116 valence electrons. The minimum absolute atomic E-state index is 0.241. The van der Waals surface area contributed by atoms with Crippen molar-refractivity contribution in [3.8, 4) is 0 Å². The average Bonchev–Trinajstić information content (AvgIpc) is 2.34. The van der Waals surface area contributed by atoms with Crippen molar-refractivity contribution in [2.45, 2.75) is 45.8 Å². The number of likely N-dealkylation sites (N-methyl/N-ethyl adjacent to an activating group) is 1. The van der Waals surface area contributed by atoms with Gasteiger partial charge >= 0.3 is 12.1 Å². The zero-order chi connectivity index (χ0) is 16.2. The van der Waals surface area contributed by atoms with Crippen molar-refractivity contribution in [2.24, 2.45) is 0 Å². The highest BCUT2D eigenvalue weighted by molar-refractivity contribution is 5.80. The SMILES string of the molecule is Cc1ccc(CC(C(=O)O)N(C)C(=O)OC(C)(C)C)cc1. The Hall–Kier alpha value is -2.04. The summed E-state index contributed by atoms with van der Waals surface area (Å²) in [5.41, 5.74) is 1.31. The zero-order valence-electron chi connectivity index (χ0n) is 13.2. The van der Waals surface area contributed by atoms with Crippen LogP contribution in [0.25, 0.3) is 0 Å². The van der Waals surface area contributed by atoms with E-state index >= 15 is 0 Å². The lowest BCUT2D eigenvalue weighted by Gasteiger charge is -2.28. The molecule has 5 heteroatoms. The van der Waals surface area contributed by atoms with Crippen LogP contribution in [-0.4, -0.2) is 40.8 Å². The summed E-state index contributed by atoms with van der Waals surface area (Å²) in [6.45, 7) is 7.20. The number of amides is 1. The fraction of sp³-hybridized carbons (Fsp3) is 0.500. The molecule has 0 saturated heterocycles. The predicted octanol–water partition coefficient (Wildman–Crippen LogP) is 2.86. The zero-order valence-corrected chi connectivity index (χ0v) is 13.2. The number of hydrogen-bond donors (Lipinski definition) is 1. The second-order valence-corrected chi connectivity index (χ2v) is 6.14. The first-order valence-electron chi connectivity index (χ1n) is 6.84. The fourth-order valence-corrected chi connectivity index (χ4v) is 1.80. The van der Waals surface area contributed by atoms with E-state index in [2.05, 4.69) is 0 Å². The van der Waals surface area contributed by atoms with E-state index < -0.39 is 23.7 Å². The Kier molecular flexibility index (Phi) is 5.35. The third-order valence-corrected chi connectivity index (χ3v) is 2.98. The van der Waals surface area contributed by atoms with Gasteiger partial charge in [-0.15, -0.1) is 0 Å². The molecule has 0 fully saturated rings. The first-order valence-corrected chi connectivity index (χ1v) is 6.84. The summed E-state index contributed by atoms with van der Waals surface area (Å²) in [6.07, 6.45) is -0.396. The van der Waals surface area contributed by atoms with E-state index in [9.17, 15) is 14.7 Å². The lowest BCUT2D eigenvalue weighted by atomic mass is 10.0. The molecule has 1 unspecified atom stereocenters. The molecule has 0 aliphatic carbocycles. The van der Waals surface area contributed by atoms with E-state index in [1.54, 1.807) is 20.8 Å². The van der Waals surface area contributed by atoms with Crippen LogP contribution in [0.2, 0.25) is 0 Å². The number of aryl methyl sites for hydroxylation is 1. The van der Waals surface area contributed by atoms with Crippen LogP contribution in [0.5, 0.6) is 0 Å². The lowest BCUT2D eigenvalue weighted by molar-refractivity contribution is -0.142. The molecule has 0 aliphatic heterocycles. The molecule has 1 aromatic rings.